The Bertz CT molecular complexity index is 1910. The van der Waals surface area contributed by atoms with Crippen molar-refractivity contribution in [1.82, 2.24) is 0 Å². The molecule has 2 heterocycles. The topological polar surface area (TPSA) is 40.8 Å². The maximum atomic E-state index is 10.1. The number of rotatable bonds is 3. The monoisotopic (exact) mass is 507 g/mol. The van der Waals surface area contributed by atoms with E-state index in [1.807, 2.05) is 37.5 Å². The second-order valence-corrected chi connectivity index (χ2v) is 11.3. The highest BCUT2D eigenvalue weighted by atomic mass is 16.3. The molecule has 0 fully saturated rings. The third kappa shape index (κ3) is 4.29. The lowest BCUT2D eigenvalue weighted by atomic mass is 9.85. The summed E-state index contributed by atoms with van der Waals surface area (Å²) in [5.74, 6) is 0. The van der Waals surface area contributed by atoms with Gasteiger partial charge in [-0.3, -0.25) is 0 Å². The SMILES string of the molecule is Cc1ccc2c(oc3cc(-c4ccc(-c5cccc(C(C)(C)C)c5)cc4)c(C#N)cc32)c1-c1cccc[n+]1C. The van der Waals surface area contributed by atoms with E-state index in [1.54, 1.807) is 0 Å². The van der Waals surface area contributed by atoms with Crippen molar-refractivity contribution in [2.75, 3.05) is 0 Å². The molecule has 0 atom stereocenters. The molecular weight excluding hydrogens is 476 g/mol. The molecule has 0 saturated carbocycles. The highest BCUT2D eigenvalue weighted by Crippen LogP contribution is 2.40. The van der Waals surface area contributed by atoms with E-state index in [0.29, 0.717) is 5.56 Å². The summed E-state index contributed by atoms with van der Waals surface area (Å²) in [6.07, 6.45) is 2.05. The number of nitrogens with zero attached hydrogens (tertiary/aromatic N) is 2. The predicted molar refractivity (Wildman–Crippen MR) is 159 cm³/mol. The van der Waals surface area contributed by atoms with Gasteiger partial charge in [0, 0.05) is 28.5 Å². The van der Waals surface area contributed by atoms with Crippen molar-refractivity contribution in [3.63, 3.8) is 0 Å². The van der Waals surface area contributed by atoms with Gasteiger partial charge in [-0.05, 0) is 58.4 Å². The summed E-state index contributed by atoms with van der Waals surface area (Å²) in [5, 5.41) is 12.1. The third-order valence-electron chi connectivity index (χ3n) is 7.68. The molecule has 0 aliphatic carbocycles. The van der Waals surface area contributed by atoms with Crippen LogP contribution in [0.15, 0.2) is 102 Å². The van der Waals surface area contributed by atoms with E-state index in [-0.39, 0.29) is 5.41 Å². The number of aryl methyl sites for hydroxylation is 2. The van der Waals surface area contributed by atoms with Crippen molar-refractivity contribution >= 4 is 21.9 Å². The summed E-state index contributed by atoms with van der Waals surface area (Å²) in [6, 6.07) is 34.0. The van der Waals surface area contributed by atoms with Gasteiger partial charge in [0.25, 0.3) is 0 Å². The Hall–Kier alpha value is -4.68. The molecule has 39 heavy (non-hydrogen) atoms. The van der Waals surface area contributed by atoms with Crippen LogP contribution in [0.5, 0.6) is 0 Å². The fraction of sp³-hybridized carbons (Fsp3) is 0.167. The van der Waals surface area contributed by atoms with Gasteiger partial charge in [-0.15, -0.1) is 0 Å². The molecule has 0 bridgehead atoms. The Morgan fingerprint density at radius 1 is 0.769 bits per heavy atom. The van der Waals surface area contributed by atoms with Crippen LogP contribution in [0.3, 0.4) is 0 Å². The normalized spacial score (nSPS) is 11.7. The molecule has 6 aromatic rings. The zero-order valence-electron chi connectivity index (χ0n) is 23.0. The highest BCUT2D eigenvalue weighted by Gasteiger charge is 2.21. The van der Waals surface area contributed by atoms with E-state index in [0.717, 1.165) is 55.4 Å². The molecule has 3 heteroatoms. The molecule has 0 radical (unpaired) electrons. The largest absolute Gasteiger partial charge is 0.455 e. The summed E-state index contributed by atoms with van der Waals surface area (Å²) < 4.78 is 8.66. The fourth-order valence-electron chi connectivity index (χ4n) is 5.42. The van der Waals surface area contributed by atoms with Gasteiger partial charge in [0.05, 0.1) is 17.2 Å². The lowest BCUT2D eigenvalue weighted by Crippen LogP contribution is -2.30. The Labute approximate surface area is 229 Å². The Balaban J connectivity index is 1.47. The Morgan fingerprint density at radius 3 is 2.26 bits per heavy atom. The number of benzene rings is 4. The molecule has 190 valence electrons. The lowest BCUT2D eigenvalue weighted by Gasteiger charge is -2.20. The molecule has 2 aromatic heterocycles. The molecule has 0 N–H and O–H groups in total. The van der Waals surface area contributed by atoms with Crippen LogP contribution in [0, 0.1) is 18.3 Å². The van der Waals surface area contributed by atoms with Crippen molar-refractivity contribution in [3.05, 3.63) is 114 Å². The lowest BCUT2D eigenvalue weighted by molar-refractivity contribution is -0.660. The van der Waals surface area contributed by atoms with E-state index >= 15 is 0 Å². The van der Waals surface area contributed by atoms with E-state index in [1.165, 1.54) is 11.1 Å². The van der Waals surface area contributed by atoms with Crippen LogP contribution in [0.2, 0.25) is 0 Å². The predicted octanol–water partition coefficient (Wildman–Crippen LogP) is 8.89. The first-order chi connectivity index (χ1) is 18.7. The van der Waals surface area contributed by atoms with Gasteiger partial charge >= 0.3 is 0 Å². The smallest absolute Gasteiger partial charge is 0.216 e. The van der Waals surface area contributed by atoms with E-state index in [2.05, 4.69) is 105 Å². The number of fused-ring (bicyclic) bond motifs is 3. The van der Waals surface area contributed by atoms with Gasteiger partial charge in [-0.2, -0.15) is 5.26 Å². The van der Waals surface area contributed by atoms with E-state index in [9.17, 15) is 5.26 Å². The summed E-state index contributed by atoms with van der Waals surface area (Å²) in [5.41, 5.74) is 11.2. The van der Waals surface area contributed by atoms with Gasteiger partial charge in [-0.1, -0.05) is 81.4 Å². The highest BCUT2D eigenvalue weighted by molar-refractivity contribution is 6.11. The van der Waals surface area contributed by atoms with Gasteiger partial charge in [0.2, 0.25) is 5.69 Å². The first-order valence-electron chi connectivity index (χ1n) is 13.3. The second-order valence-electron chi connectivity index (χ2n) is 11.3. The number of nitriles is 1. The number of furan rings is 1. The molecule has 6 rings (SSSR count). The minimum atomic E-state index is 0.0932. The summed E-state index contributed by atoms with van der Waals surface area (Å²) in [7, 11) is 2.05. The Kier molecular flexibility index (Phi) is 5.85. The summed E-state index contributed by atoms with van der Waals surface area (Å²) >= 11 is 0. The van der Waals surface area contributed by atoms with Gasteiger partial charge < -0.3 is 4.42 Å². The van der Waals surface area contributed by atoms with Crippen LogP contribution >= 0.6 is 0 Å². The number of pyridine rings is 1. The van der Waals surface area contributed by atoms with Crippen molar-refractivity contribution in [3.8, 4) is 39.6 Å². The molecule has 0 spiro atoms. The minimum Gasteiger partial charge on any atom is -0.455 e. The van der Waals surface area contributed by atoms with Crippen LogP contribution in [-0.4, -0.2) is 0 Å². The fourth-order valence-corrected chi connectivity index (χ4v) is 5.42. The second kappa shape index (κ2) is 9.26. The summed E-state index contributed by atoms with van der Waals surface area (Å²) in [4.78, 5) is 0. The molecule has 3 nitrogen and oxygen atoms in total. The molecule has 0 amide bonds. The van der Waals surface area contributed by atoms with Crippen molar-refractivity contribution in [2.24, 2.45) is 7.05 Å². The zero-order valence-corrected chi connectivity index (χ0v) is 23.0. The van der Waals surface area contributed by atoms with Gasteiger partial charge in [0.15, 0.2) is 6.20 Å². The van der Waals surface area contributed by atoms with Crippen LogP contribution in [0.1, 0.15) is 37.5 Å². The minimum absolute atomic E-state index is 0.0932. The maximum absolute atomic E-state index is 10.1. The van der Waals surface area contributed by atoms with E-state index in [4.69, 9.17) is 4.42 Å². The molecule has 0 saturated heterocycles. The van der Waals surface area contributed by atoms with Crippen molar-refractivity contribution < 1.29 is 8.98 Å². The standard InChI is InChI=1S/C36H31N2O/c1-23-12-17-29-31-20-27(22-37)30(21-33(31)39-35(29)34(23)32-11-6-7-18-38(32)5)25-15-13-24(14-16-25)26-9-8-10-28(19-26)36(2,3)4/h6-21H,1-5H3/q+1. The number of hydrogen-bond acceptors (Lipinski definition) is 2. The molecule has 0 aliphatic rings. The van der Waals surface area contributed by atoms with Crippen molar-refractivity contribution in [1.29, 1.82) is 5.26 Å². The summed E-state index contributed by atoms with van der Waals surface area (Å²) in [6.45, 7) is 8.81. The van der Waals surface area contributed by atoms with E-state index < -0.39 is 0 Å². The van der Waals surface area contributed by atoms with Crippen molar-refractivity contribution in [2.45, 2.75) is 33.1 Å². The first kappa shape index (κ1) is 24.6. The maximum Gasteiger partial charge on any atom is 0.216 e. The molecule has 0 aliphatic heterocycles. The number of aromatic nitrogens is 1. The zero-order chi connectivity index (χ0) is 27.3. The third-order valence-corrected chi connectivity index (χ3v) is 7.68. The van der Waals surface area contributed by atoms with Crippen LogP contribution in [0.4, 0.5) is 0 Å². The van der Waals surface area contributed by atoms with Crippen LogP contribution in [0.25, 0.3) is 55.4 Å². The molecule has 4 aromatic carbocycles. The molecular formula is C36H31N2O+. The van der Waals surface area contributed by atoms with Crippen LogP contribution in [-0.2, 0) is 12.5 Å². The van der Waals surface area contributed by atoms with Gasteiger partial charge in [-0.25, -0.2) is 4.57 Å². The quantitative estimate of drug-likeness (QED) is 0.224. The molecule has 0 unspecified atom stereocenters. The first-order valence-corrected chi connectivity index (χ1v) is 13.3. The Morgan fingerprint density at radius 2 is 1.54 bits per heavy atom. The number of hydrogen-bond donors (Lipinski definition) is 0. The van der Waals surface area contributed by atoms with Gasteiger partial charge in [0.1, 0.15) is 18.2 Å². The van der Waals surface area contributed by atoms with Crippen LogP contribution < -0.4 is 4.57 Å². The average Bonchev–Trinajstić information content (AvgIpc) is 3.30. The average molecular weight is 508 g/mol.